The molecule has 0 aliphatic heterocycles. The number of rotatable bonds is 4. The molecule has 4 aromatic carbocycles. The van der Waals surface area contributed by atoms with Gasteiger partial charge in [0.2, 0.25) is 0 Å². The second-order valence-corrected chi connectivity index (χ2v) is 8.78. The molecular weight excluding hydrogens is 438 g/mol. The van der Waals surface area contributed by atoms with Crippen molar-refractivity contribution in [3.8, 4) is 22.3 Å². The monoisotopic (exact) mass is 461 g/mol. The van der Waals surface area contributed by atoms with Crippen LogP contribution in [0.4, 0.5) is 9.59 Å². The Kier molecular flexibility index (Phi) is 5.30. The predicted octanol–water partition coefficient (Wildman–Crippen LogP) is 6.47. The van der Waals surface area contributed by atoms with E-state index < -0.39 is 12.2 Å². The van der Waals surface area contributed by atoms with Crippen LogP contribution in [0.5, 0.6) is 0 Å². The van der Waals surface area contributed by atoms with Crippen LogP contribution in [0, 0.1) is 0 Å². The molecule has 0 aromatic heterocycles. The van der Waals surface area contributed by atoms with Gasteiger partial charge in [0, 0.05) is 11.8 Å². The van der Waals surface area contributed by atoms with E-state index in [0.717, 1.165) is 44.5 Å². The molecule has 2 amide bonds. The van der Waals surface area contributed by atoms with Crippen LogP contribution in [0.2, 0.25) is 0 Å². The number of alkyl carbamates (subject to hydrolysis) is 2. The number of ether oxygens (including phenoxy) is 2. The number of carbonyl (C=O) groups excluding carboxylic acids is 2. The average molecular weight is 462 g/mol. The van der Waals surface area contributed by atoms with E-state index in [9.17, 15) is 9.59 Å². The van der Waals surface area contributed by atoms with Crippen molar-refractivity contribution >= 4 is 12.2 Å². The molecule has 0 fully saturated rings. The van der Waals surface area contributed by atoms with Gasteiger partial charge in [-0.3, -0.25) is 0 Å². The van der Waals surface area contributed by atoms with Crippen molar-refractivity contribution in [1.29, 1.82) is 0 Å². The molecule has 4 aromatic rings. The number of hydrogen-bond acceptors (Lipinski definition) is 4. The van der Waals surface area contributed by atoms with E-state index >= 15 is 0 Å². The Morgan fingerprint density at radius 1 is 0.514 bits per heavy atom. The predicted molar refractivity (Wildman–Crippen MR) is 133 cm³/mol. The van der Waals surface area contributed by atoms with Gasteiger partial charge in [0.25, 0.3) is 0 Å². The van der Waals surface area contributed by atoms with Crippen LogP contribution < -0.4 is 5.32 Å². The van der Waals surface area contributed by atoms with E-state index in [-0.39, 0.29) is 25.0 Å². The Balaban J connectivity index is 1.08. The summed E-state index contributed by atoms with van der Waals surface area (Å²) in [5.74, 6) is -0.147. The van der Waals surface area contributed by atoms with Gasteiger partial charge in [-0.2, -0.15) is 0 Å². The van der Waals surface area contributed by atoms with E-state index in [1.807, 2.05) is 72.8 Å². The Morgan fingerprint density at radius 2 is 0.800 bits per heavy atom. The number of hydrogen-bond donors (Lipinski definition) is 1. The second kappa shape index (κ2) is 8.76. The molecule has 35 heavy (non-hydrogen) atoms. The van der Waals surface area contributed by atoms with Crippen LogP contribution in [0.3, 0.4) is 0 Å². The van der Waals surface area contributed by atoms with Gasteiger partial charge >= 0.3 is 12.2 Å². The van der Waals surface area contributed by atoms with Crippen LogP contribution in [-0.4, -0.2) is 25.4 Å². The second-order valence-electron chi connectivity index (χ2n) is 8.78. The van der Waals surface area contributed by atoms with Crippen molar-refractivity contribution in [2.75, 3.05) is 13.2 Å². The standard InChI is InChI=1S/C30H23NO4/c32-29(34-17-27-23-13-5-1-9-19(23)20-10-2-6-14-24(20)27)31-30(33)35-18-28-25-15-7-3-11-21(25)22-12-4-8-16-26(22)28/h1-16,27-28H,17-18H2,(H,31,32,33). The van der Waals surface area contributed by atoms with Crippen molar-refractivity contribution in [2.24, 2.45) is 0 Å². The fourth-order valence-corrected chi connectivity index (χ4v) is 5.35. The van der Waals surface area contributed by atoms with Crippen LogP contribution >= 0.6 is 0 Å². The van der Waals surface area contributed by atoms with E-state index in [1.165, 1.54) is 0 Å². The maximum atomic E-state index is 12.4. The fourth-order valence-electron chi connectivity index (χ4n) is 5.35. The van der Waals surface area contributed by atoms with Gasteiger partial charge in [-0.15, -0.1) is 0 Å². The van der Waals surface area contributed by atoms with E-state index in [2.05, 4.69) is 29.6 Å². The van der Waals surface area contributed by atoms with E-state index in [4.69, 9.17) is 9.47 Å². The molecule has 0 saturated heterocycles. The summed E-state index contributed by atoms with van der Waals surface area (Å²) < 4.78 is 10.9. The zero-order valence-electron chi connectivity index (χ0n) is 18.9. The summed E-state index contributed by atoms with van der Waals surface area (Å²) in [7, 11) is 0. The number of imide groups is 1. The summed E-state index contributed by atoms with van der Waals surface area (Å²) in [6.07, 6.45) is -1.63. The molecule has 0 heterocycles. The first-order valence-corrected chi connectivity index (χ1v) is 11.7. The quantitative estimate of drug-likeness (QED) is 0.378. The minimum Gasteiger partial charge on any atom is -0.448 e. The largest absolute Gasteiger partial charge is 0.448 e. The van der Waals surface area contributed by atoms with Gasteiger partial charge in [0.05, 0.1) is 0 Å². The normalized spacial score (nSPS) is 13.4. The molecule has 2 aliphatic rings. The summed E-state index contributed by atoms with van der Waals surface area (Å²) >= 11 is 0. The van der Waals surface area contributed by atoms with Gasteiger partial charge < -0.3 is 9.47 Å². The number of amides is 2. The van der Waals surface area contributed by atoms with Crippen LogP contribution in [0.15, 0.2) is 97.1 Å². The zero-order chi connectivity index (χ0) is 23.8. The minimum atomic E-state index is -0.816. The van der Waals surface area contributed by atoms with Crippen molar-refractivity contribution in [1.82, 2.24) is 5.32 Å². The first kappa shape index (κ1) is 21.2. The molecule has 0 atom stereocenters. The first-order chi connectivity index (χ1) is 17.2. The maximum Gasteiger partial charge on any atom is 0.416 e. The minimum absolute atomic E-state index is 0.0735. The molecule has 1 N–H and O–H groups in total. The maximum absolute atomic E-state index is 12.4. The van der Waals surface area contributed by atoms with Gasteiger partial charge in [0.1, 0.15) is 13.2 Å². The third kappa shape index (κ3) is 3.75. The molecular formula is C30H23NO4. The fraction of sp³-hybridized carbons (Fsp3) is 0.133. The van der Waals surface area contributed by atoms with E-state index in [1.54, 1.807) is 0 Å². The highest BCUT2D eigenvalue weighted by Crippen LogP contribution is 2.45. The Hall–Kier alpha value is -4.38. The van der Waals surface area contributed by atoms with Gasteiger partial charge in [0.15, 0.2) is 0 Å². The van der Waals surface area contributed by atoms with Crippen molar-refractivity contribution in [2.45, 2.75) is 11.8 Å². The SMILES string of the molecule is O=C(NC(=O)OCC1c2ccccc2-c2ccccc21)OCC1c2ccccc2-c2ccccc21. The molecule has 172 valence electrons. The van der Waals surface area contributed by atoms with Crippen LogP contribution in [0.1, 0.15) is 34.1 Å². The lowest BCUT2D eigenvalue weighted by Gasteiger charge is -2.16. The van der Waals surface area contributed by atoms with Crippen molar-refractivity contribution in [3.05, 3.63) is 119 Å². The zero-order valence-corrected chi connectivity index (χ0v) is 18.9. The van der Waals surface area contributed by atoms with Crippen LogP contribution in [-0.2, 0) is 9.47 Å². The molecule has 5 heteroatoms. The lowest BCUT2D eigenvalue weighted by molar-refractivity contribution is 0.121. The van der Waals surface area contributed by atoms with Gasteiger partial charge in [-0.1, -0.05) is 97.1 Å². The summed E-state index contributed by atoms with van der Waals surface area (Å²) in [5, 5.41) is 2.20. The lowest BCUT2D eigenvalue weighted by Crippen LogP contribution is -2.33. The molecule has 0 bridgehead atoms. The highest BCUT2D eigenvalue weighted by Gasteiger charge is 2.31. The first-order valence-electron chi connectivity index (χ1n) is 11.7. The summed E-state index contributed by atoms with van der Waals surface area (Å²) in [6, 6.07) is 32.4. The highest BCUT2D eigenvalue weighted by atomic mass is 16.6. The third-order valence-electron chi connectivity index (χ3n) is 6.89. The van der Waals surface area contributed by atoms with Crippen molar-refractivity contribution in [3.63, 3.8) is 0 Å². The number of benzene rings is 4. The average Bonchev–Trinajstić information content (AvgIpc) is 3.39. The molecule has 0 spiro atoms. The number of carbonyl (C=O) groups is 2. The molecule has 0 saturated carbocycles. The molecule has 2 aliphatic carbocycles. The number of nitrogens with one attached hydrogen (secondary N) is 1. The van der Waals surface area contributed by atoms with Crippen LogP contribution in [0.25, 0.3) is 22.3 Å². The molecule has 5 nitrogen and oxygen atoms in total. The Morgan fingerprint density at radius 3 is 1.11 bits per heavy atom. The smallest absolute Gasteiger partial charge is 0.416 e. The highest BCUT2D eigenvalue weighted by molar-refractivity contribution is 5.88. The van der Waals surface area contributed by atoms with Gasteiger partial charge in [-0.25, -0.2) is 14.9 Å². The number of fused-ring (bicyclic) bond motifs is 6. The third-order valence-corrected chi connectivity index (χ3v) is 6.89. The summed E-state index contributed by atoms with van der Waals surface area (Å²) in [5.41, 5.74) is 9.04. The molecule has 0 unspecified atom stereocenters. The Bertz CT molecular complexity index is 1240. The molecule has 0 radical (unpaired) electrons. The summed E-state index contributed by atoms with van der Waals surface area (Å²) in [4.78, 5) is 24.8. The Labute approximate surface area is 203 Å². The molecule has 6 rings (SSSR count). The topological polar surface area (TPSA) is 64.6 Å². The summed E-state index contributed by atoms with van der Waals surface area (Å²) in [6.45, 7) is 0.271. The van der Waals surface area contributed by atoms with E-state index in [0.29, 0.717) is 0 Å². The van der Waals surface area contributed by atoms with Gasteiger partial charge in [-0.05, 0) is 44.5 Å². The lowest BCUT2D eigenvalue weighted by atomic mass is 9.98. The van der Waals surface area contributed by atoms with Crippen molar-refractivity contribution < 1.29 is 19.1 Å².